The molecule has 0 aliphatic carbocycles. The highest BCUT2D eigenvalue weighted by atomic mass is 32.1. The Morgan fingerprint density at radius 3 is 2.95 bits per heavy atom. The quantitative estimate of drug-likeness (QED) is 0.750. The molecule has 2 aromatic heterocycles. The van der Waals surface area contributed by atoms with Crippen molar-refractivity contribution in [3.8, 4) is 0 Å². The number of hydrogen-bond acceptors (Lipinski definition) is 5. The van der Waals surface area contributed by atoms with Gasteiger partial charge in [0, 0.05) is 5.69 Å². The fourth-order valence-electron chi connectivity index (χ4n) is 1.84. The summed E-state index contributed by atoms with van der Waals surface area (Å²) in [6.45, 7) is 3.66. The molecule has 0 radical (unpaired) electrons. The fraction of sp³-hybridized carbons (Fsp3) is 0.167. The van der Waals surface area contributed by atoms with E-state index in [4.69, 9.17) is 0 Å². The Hall–Kier alpha value is -2.28. The van der Waals surface area contributed by atoms with Gasteiger partial charge in [-0.1, -0.05) is 4.49 Å². The van der Waals surface area contributed by atoms with Gasteiger partial charge in [0.1, 0.15) is 10.7 Å². The number of anilines is 1. The number of H-pyrrole nitrogens is 1. The van der Waals surface area contributed by atoms with Crippen LogP contribution in [0.1, 0.15) is 21.2 Å². The molecule has 0 aliphatic rings. The first-order valence-corrected chi connectivity index (χ1v) is 6.47. The molecule has 0 spiro atoms. The molecular weight excluding hydrogens is 262 g/mol. The Labute approximate surface area is 113 Å². The van der Waals surface area contributed by atoms with Gasteiger partial charge in [0.25, 0.3) is 5.91 Å². The predicted octanol–water partition coefficient (Wildman–Crippen LogP) is 2.28. The number of nitrogens with zero attached hydrogens (tertiary/aromatic N) is 3. The largest absolute Gasteiger partial charge is 0.342 e. The van der Waals surface area contributed by atoms with Gasteiger partial charge in [-0.05, 0) is 43.6 Å². The Morgan fingerprint density at radius 2 is 2.21 bits per heavy atom. The van der Waals surface area contributed by atoms with E-state index in [1.165, 1.54) is 0 Å². The number of carbonyl (C=O) groups excluding carboxylic acids is 1. The van der Waals surface area contributed by atoms with Gasteiger partial charge in [0.15, 0.2) is 0 Å². The summed E-state index contributed by atoms with van der Waals surface area (Å²) in [4.78, 5) is 20.0. The second kappa shape index (κ2) is 4.43. The number of carbonyl (C=O) groups is 1. The van der Waals surface area contributed by atoms with Gasteiger partial charge >= 0.3 is 0 Å². The predicted molar refractivity (Wildman–Crippen MR) is 73.4 cm³/mol. The van der Waals surface area contributed by atoms with Crippen LogP contribution >= 0.6 is 11.5 Å². The summed E-state index contributed by atoms with van der Waals surface area (Å²) in [5, 5.41) is 6.65. The van der Waals surface area contributed by atoms with Crippen LogP contribution in [0.15, 0.2) is 18.2 Å². The zero-order valence-electron chi connectivity index (χ0n) is 10.4. The van der Waals surface area contributed by atoms with Gasteiger partial charge in [0.2, 0.25) is 0 Å². The van der Waals surface area contributed by atoms with E-state index in [1.807, 2.05) is 25.1 Å². The minimum absolute atomic E-state index is 0.192. The lowest BCUT2D eigenvalue weighted by atomic mass is 10.2. The first-order chi connectivity index (χ1) is 9.13. The molecule has 0 aliphatic heterocycles. The van der Waals surface area contributed by atoms with Gasteiger partial charge in [-0.25, -0.2) is 4.98 Å². The van der Waals surface area contributed by atoms with Crippen LogP contribution in [0.3, 0.4) is 0 Å². The van der Waals surface area contributed by atoms with Crippen molar-refractivity contribution in [2.45, 2.75) is 13.8 Å². The lowest BCUT2D eigenvalue weighted by Crippen LogP contribution is -2.11. The normalized spacial score (nSPS) is 10.8. The molecule has 7 heteroatoms. The smallest absolute Gasteiger partial charge is 0.269 e. The van der Waals surface area contributed by atoms with Crippen molar-refractivity contribution in [2.24, 2.45) is 0 Å². The molecule has 2 heterocycles. The van der Waals surface area contributed by atoms with Crippen LogP contribution in [0.25, 0.3) is 11.0 Å². The number of rotatable bonds is 2. The van der Waals surface area contributed by atoms with Crippen LogP contribution in [0.2, 0.25) is 0 Å². The minimum atomic E-state index is -0.192. The number of amides is 1. The fourth-order valence-corrected chi connectivity index (χ4v) is 2.39. The summed E-state index contributed by atoms with van der Waals surface area (Å²) in [5.74, 6) is 0.657. The number of benzene rings is 1. The molecule has 0 unspecified atom stereocenters. The van der Waals surface area contributed by atoms with Crippen LogP contribution in [0.4, 0.5) is 5.69 Å². The van der Waals surface area contributed by atoms with Crippen LogP contribution < -0.4 is 5.32 Å². The van der Waals surface area contributed by atoms with E-state index in [-0.39, 0.29) is 5.91 Å². The van der Waals surface area contributed by atoms with Gasteiger partial charge < -0.3 is 10.3 Å². The molecule has 0 fully saturated rings. The second-order valence-corrected chi connectivity index (χ2v) is 4.95. The van der Waals surface area contributed by atoms with E-state index in [1.54, 1.807) is 6.92 Å². The SMILES string of the molecule is Cc1nc2ccc(NC(=O)c3snnc3C)cc2[nH]1. The highest BCUT2D eigenvalue weighted by molar-refractivity contribution is 7.08. The van der Waals surface area contributed by atoms with Crippen LogP contribution in [0.5, 0.6) is 0 Å². The number of aryl methyl sites for hydroxylation is 2. The third-order valence-electron chi connectivity index (χ3n) is 2.72. The van der Waals surface area contributed by atoms with Crippen molar-refractivity contribution in [3.05, 3.63) is 34.6 Å². The highest BCUT2D eigenvalue weighted by Gasteiger charge is 2.13. The zero-order chi connectivity index (χ0) is 13.4. The topological polar surface area (TPSA) is 83.6 Å². The highest BCUT2D eigenvalue weighted by Crippen LogP contribution is 2.19. The van der Waals surface area contributed by atoms with Crippen molar-refractivity contribution in [2.75, 3.05) is 5.32 Å². The van der Waals surface area contributed by atoms with Crippen LogP contribution in [-0.2, 0) is 0 Å². The summed E-state index contributed by atoms with van der Waals surface area (Å²) in [7, 11) is 0. The number of aromatic nitrogens is 4. The molecule has 3 rings (SSSR count). The molecule has 19 heavy (non-hydrogen) atoms. The first-order valence-electron chi connectivity index (χ1n) is 5.70. The van der Waals surface area contributed by atoms with Gasteiger partial charge in [0.05, 0.1) is 16.7 Å². The second-order valence-electron chi connectivity index (χ2n) is 4.20. The molecule has 1 aromatic carbocycles. The summed E-state index contributed by atoms with van der Waals surface area (Å²) in [6, 6.07) is 5.55. The molecule has 0 atom stereocenters. The molecule has 0 saturated carbocycles. The standard InChI is InChI=1S/C12H11N5OS/c1-6-11(19-17-16-6)12(18)15-8-3-4-9-10(5-8)14-7(2)13-9/h3-5H,1-2H3,(H,13,14)(H,15,18). The number of hydrogen-bond donors (Lipinski definition) is 2. The van der Waals surface area contributed by atoms with E-state index in [2.05, 4.69) is 24.9 Å². The van der Waals surface area contributed by atoms with Gasteiger partial charge in [-0.15, -0.1) is 5.10 Å². The summed E-state index contributed by atoms with van der Waals surface area (Å²) in [6.07, 6.45) is 0. The minimum Gasteiger partial charge on any atom is -0.342 e. The maximum Gasteiger partial charge on any atom is 0.269 e. The molecule has 0 saturated heterocycles. The average molecular weight is 273 g/mol. The van der Waals surface area contributed by atoms with Gasteiger partial charge in [-0.2, -0.15) is 0 Å². The van der Waals surface area contributed by atoms with Crippen molar-refractivity contribution < 1.29 is 4.79 Å². The lowest BCUT2D eigenvalue weighted by molar-refractivity contribution is 0.103. The van der Waals surface area contributed by atoms with E-state index in [0.29, 0.717) is 16.3 Å². The Bertz CT molecular complexity index is 760. The monoisotopic (exact) mass is 273 g/mol. The summed E-state index contributed by atoms with van der Waals surface area (Å²) < 4.78 is 3.75. The average Bonchev–Trinajstić information content (AvgIpc) is 2.93. The van der Waals surface area contributed by atoms with Crippen molar-refractivity contribution in [1.82, 2.24) is 19.6 Å². The maximum atomic E-state index is 12.0. The number of imidazole rings is 1. The number of nitrogens with one attached hydrogen (secondary N) is 2. The zero-order valence-corrected chi connectivity index (χ0v) is 11.2. The van der Waals surface area contributed by atoms with E-state index in [0.717, 1.165) is 28.4 Å². The van der Waals surface area contributed by atoms with E-state index >= 15 is 0 Å². The molecular formula is C12H11N5OS. The van der Waals surface area contributed by atoms with Crippen molar-refractivity contribution >= 4 is 34.2 Å². The molecule has 2 N–H and O–H groups in total. The Kier molecular flexibility index (Phi) is 2.75. The van der Waals surface area contributed by atoms with Crippen LogP contribution in [0, 0.1) is 13.8 Å². The van der Waals surface area contributed by atoms with Gasteiger partial charge in [-0.3, -0.25) is 4.79 Å². The maximum absolute atomic E-state index is 12.0. The van der Waals surface area contributed by atoms with Crippen molar-refractivity contribution in [3.63, 3.8) is 0 Å². The van der Waals surface area contributed by atoms with E-state index in [9.17, 15) is 4.79 Å². The molecule has 6 nitrogen and oxygen atoms in total. The number of fused-ring (bicyclic) bond motifs is 1. The van der Waals surface area contributed by atoms with Crippen molar-refractivity contribution in [1.29, 1.82) is 0 Å². The summed E-state index contributed by atoms with van der Waals surface area (Å²) in [5.41, 5.74) is 3.13. The van der Waals surface area contributed by atoms with Crippen LogP contribution in [-0.4, -0.2) is 25.5 Å². The molecule has 96 valence electrons. The molecule has 0 bridgehead atoms. The first kappa shape index (κ1) is 11.8. The van der Waals surface area contributed by atoms with E-state index < -0.39 is 0 Å². The molecule has 1 amide bonds. The third kappa shape index (κ3) is 2.19. The molecule has 3 aromatic rings. The Morgan fingerprint density at radius 1 is 1.37 bits per heavy atom. The number of aromatic amines is 1. The Balaban J connectivity index is 1.89. The summed E-state index contributed by atoms with van der Waals surface area (Å²) >= 11 is 1.09. The third-order valence-corrected chi connectivity index (χ3v) is 3.54. The lowest BCUT2D eigenvalue weighted by Gasteiger charge is -2.03.